The fraction of sp³-hybridized carbons (Fsp3) is 0.385. The minimum Gasteiger partial charge on any atom is -0.291 e. The number of hydrogen-bond donors (Lipinski definition) is 0. The van der Waals surface area contributed by atoms with Gasteiger partial charge >= 0.3 is 0 Å². The molecule has 0 atom stereocenters. The number of halogens is 2. The second-order valence-corrected chi connectivity index (χ2v) is 8.60. The van der Waals surface area contributed by atoms with Gasteiger partial charge in [0.05, 0.1) is 5.02 Å². The van der Waals surface area contributed by atoms with E-state index in [1.165, 1.54) is 4.57 Å². The van der Waals surface area contributed by atoms with Crippen LogP contribution in [0.15, 0.2) is 23.4 Å². The fourth-order valence-electron chi connectivity index (χ4n) is 2.01. The largest absolute Gasteiger partial charge is 0.296 e. The number of hydrogen-bond acceptors (Lipinski definition) is 4. The molecule has 2 aromatic rings. The predicted molar refractivity (Wildman–Crippen MR) is 83.2 cm³/mol. The van der Waals surface area contributed by atoms with Crippen LogP contribution in [-0.4, -0.2) is 23.2 Å². The van der Waals surface area contributed by atoms with Gasteiger partial charge in [0.1, 0.15) is 0 Å². The summed E-state index contributed by atoms with van der Waals surface area (Å²) in [5.41, 5.74) is 1.02. The summed E-state index contributed by atoms with van der Waals surface area (Å²) in [5.74, 6) is 0.367. The van der Waals surface area contributed by atoms with Gasteiger partial charge in [0, 0.05) is 21.8 Å². The first kappa shape index (κ1) is 16.3. The van der Waals surface area contributed by atoms with Crippen molar-refractivity contribution >= 4 is 31.3 Å². The summed E-state index contributed by atoms with van der Waals surface area (Å²) in [6.45, 7) is 7.44. The van der Waals surface area contributed by atoms with Gasteiger partial charge in [-0.1, -0.05) is 17.7 Å². The van der Waals surface area contributed by atoms with Gasteiger partial charge in [-0.25, -0.2) is 8.42 Å². The average molecular weight is 348 g/mol. The zero-order valence-corrected chi connectivity index (χ0v) is 14.4. The molecule has 8 heteroatoms. The Kier molecular flexibility index (Phi) is 4.08. The van der Waals surface area contributed by atoms with Crippen molar-refractivity contribution in [3.05, 3.63) is 28.8 Å². The molecule has 21 heavy (non-hydrogen) atoms. The maximum atomic E-state index is 11.7. The average Bonchev–Trinajstić information content (AvgIpc) is 2.72. The Morgan fingerprint density at radius 2 is 1.81 bits per heavy atom. The van der Waals surface area contributed by atoms with Crippen molar-refractivity contribution in [3.8, 4) is 11.4 Å². The molecule has 0 amide bonds. The van der Waals surface area contributed by atoms with Crippen LogP contribution in [0.4, 0.5) is 0 Å². The lowest BCUT2D eigenvalue weighted by Crippen LogP contribution is -2.26. The van der Waals surface area contributed by atoms with Gasteiger partial charge in [-0.15, -0.1) is 10.2 Å². The minimum atomic E-state index is -4.01. The van der Waals surface area contributed by atoms with Crippen molar-refractivity contribution in [3.63, 3.8) is 0 Å². The molecule has 0 saturated heterocycles. The molecule has 0 spiro atoms. The monoisotopic (exact) mass is 347 g/mol. The first-order valence-electron chi connectivity index (χ1n) is 6.19. The summed E-state index contributed by atoms with van der Waals surface area (Å²) in [4.78, 5) is 0. The molecule has 0 N–H and O–H groups in total. The second-order valence-electron chi connectivity index (χ2n) is 5.73. The maximum absolute atomic E-state index is 11.7. The summed E-state index contributed by atoms with van der Waals surface area (Å²) in [6.07, 6.45) is 0. The first-order valence-corrected chi connectivity index (χ1v) is 8.87. The standard InChI is InChI=1S/C13H15Cl2N3O2S/c1-8-5-6-9(10(14)7-8)11-16-17-12(21(15,19)20)18(11)13(2,3)4/h5-7H,1-4H3. The summed E-state index contributed by atoms with van der Waals surface area (Å²) in [7, 11) is 1.45. The van der Waals surface area contributed by atoms with Crippen LogP contribution in [-0.2, 0) is 14.6 Å². The van der Waals surface area contributed by atoms with Gasteiger partial charge in [-0.3, -0.25) is 4.57 Å². The number of aryl methyl sites for hydroxylation is 1. The molecule has 0 unspecified atom stereocenters. The van der Waals surface area contributed by atoms with E-state index in [4.69, 9.17) is 22.3 Å². The summed E-state index contributed by atoms with van der Waals surface area (Å²) >= 11 is 6.25. The Morgan fingerprint density at radius 1 is 1.19 bits per heavy atom. The molecule has 0 fully saturated rings. The predicted octanol–water partition coefficient (Wildman–Crippen LogP) is 3.59. The highest BCUT2D eigenvalue weighted by molar-refractivity contribution is 8.13. The van der Waals surface area contributed by atoms with Crippen molar-refractivity contribution in [2.75, 3.05) is 0 Å². The molecule has 0 radical (unpaired) electrons. The van der Waals surface area contributed by atoms with E-state index in [-0.39, 0.29) is 5.16 Å². The lowest BCUT2D eigenvalue weighted by molar-refractivity contribution is 0.367. The van der Waals surface area contributed by atoms with Gasteiger partial charge < -0.3 is 0 Å². The smallest absolute Gasteiger partial charge is 0.291 e. The Hall–Kier alpha value is -1.11. The molecule has 0 aliphatic heterocycles. The van der Waals surface area contributed by atoms with Crippen molar-refractivity contribution < 1.29 is 8.42 Å². The van der Waals surface area contributed by atoms with E-state index in [2.05, 4.69) is 10.2 Å². The molecule has 0 aliphatic carbocycles. The molecule has 1 aromatic heterocycles. The van der Waals surface area contributed by atoms with Crippen LogP contribution in [0.3, 0.4) is 0 Å². The van der Waals surface area contributed by atoms with E-state index in [9.17, 15) is 8.42 Å². The highest BCUT2D eigenvalue weighted by Crippen LogP contribution is 2.33. The minimum absolute atomic E-state index is 0.289. The third-order valence-corrected chi connectivity index (χ3v) is 4.31. The van der Waals surface area contributed by atoms with E-state index < -0.39 is 14.6 Å². The fourth-order valence-corrected chi connectivity index (χ4v) is 3.34. The number of benzene rings is 1. The molecule has 5 nitrogen and oxygen atoms in total. The maximum Gasteiger partial charge on any atom is 0.296 e. The molecular weight excluding hydrogens is 333 g/mol. The quantitative estimate of drug-likeness (QED) is 0.778. The molecule has 0 bridgehead atoms. The number of rotatable bonds is 2. The van der Waals surface area contributed by atoms with E-state index >= 15 is 0 Å². The van der Waals surface area contributed by atoms with Gasteiger partial charge in [-0.05, 0) is 45.4 Å². The highest BCUT2D eigenvalue weighted by Gasteiger charge is 2.30. The van der Waals surface area contributed by atoms with Gasteiger partial charge in [0.2, 0.25) is 0 Å². The lowest BCUT2D eigenvalue weighted by Gasteiger charge is -2.24. The zero-order chi connectivity index (χ0) is 16.0. The summed E-state index contributed by atoms with van der Waals surface area (Å²) in [6, 6.07) is 5.44. The van der Waals surface area contributed by atoms with E-state index in [0.717, 1.165) is 5.56 Å². The van der Waals surface area contributed by atoms with Crippen molar-refractivity contribution in [2.45, 2.75) is 38.4 Å². The zero-order valence-electron chi connectivity index (χ0n) is 12.1. The van der Waals surface area contributed by atoms with Crippen LogP contribution in [0.1, 0.15) is 26.3 Å². The summed E-state index contributed by atoms with van der Waals surface area (Å²) < 4.78 is 24.9. The van der Waals surface area contributed by atoms with Gasteiger partial charge in [-0.2, -0.15) is 0 Å². The van der Waals surface area contributed by atoms with Crippen molar-refractivity contribution in [2.24, 2.45) is 0 Å². The first-order chi connectivity index (χ1) is 9.51. The van der Waals surface area contributed by atoms with E-state index in [1.807, 2.05) is 33.8 Å². The molecule has 1 heterocycles. The molecule has 114 valence electrons. The third kappa shape index (κ3) is 3.22. The van der Waals surface area contributed by atoms with Crippen LogP contribution in [0.5, 0.6) is 0 Å². The van der Waals surface area contributed by atoms with Crippen LogP contribution in [0.2, 0.25) is 5.02 Å². The third-order valence-electron chi connectivity index (χ3n) is 2.89. The molecule has 0 aliphatic rings. The number of nitrogens with zero attached hydrogens (tertiary/aromatic N) is 3. The normalized spacial score (nSPS) is 12.7. The Balaban J connectivity index is 2.80. The second kappa shape index (κ2) is 5.26. The lowest BCUT2D eigenvalue weighted by atomic mass is 10.1. The van der Waals surface area contributed by atoms with Crippen LogP contribution < -0.4 is 0 Å². The van der Waals surface area contributed by atoms with Crippen LogP contribution in [0.25, 0.3) is 11.4 Å². The molecule has 0 saturated carbocycles. The van der Waals surface area contributed by atoms with Crippen molar-refractivity contribution in [1.82, 2.24) is 14.8 Å². The van der Waals surface area contributed by atoms with E-state index in [1.54, 1.807) is 12.1 Å². The Morgan fingerprint density at radius 3 is 2.29 bits per heavy atom. The Bertz CT molecular complexity index is 792. The van der Waals surface area contributed by atoms with Gasteiger partial charge in [0.15, 0.2) is 5.82 Å². The SMILES string of the molecule is Cc1ccc(-c2nnc(S(=O)(=O)Cl)n2C(C)(C)C)c(Cl)c1. The molecule has 2 rings (SSSR count). The Labute approximate surface area is 133 Å². The number of aromatic nitrogens is 3. The van der Waals surface area contributed by atoms with Crippen LogP contribution in [0, 0.1) is 6.92 Å². The highest BCUT2D eigenvalue weighted by atomic mass is 35.7. The topological polar surface area (TPSA) is 64.8 Å². The summed E-state index contributed by atoms with van der Waals surface area (Å²) in [5, 5.41) is 7.89. The van der Waals surface area contributed by atoms with Crippen LogP contribution >= 0.6 is 22.3 Å². The van der Waals surface area contributed by atoms with Crippen molar-refractivity contribution in [1.29, 1.82) is 0 Å². The van der Waals surface area contributed by atoms with Gasteiger partial charge in [0.25, 0.3) is 14.2 Å². The molecule has 1 aromatic carbocycles. The molecular formula is C13H15Cl2N3O2S. The van der Waals surface area contributed by atoms with E-state index in [0.29, 0.717) is 16.4 Å².